The van der Waals surface area contributed by atoms with E-state index in [1.165, 1.54) is 12.1 Å². The number of carboxylic acid groups (broad SMARTS) is 1. The van der Waals surface area contributed by atoms with E-state index in [1.807, 2.05) is 6.92 Å². The van der Waals surface area contributed by atoms with Crippen molar-refractivity contribution >= 4 is 17.0 Å². The van der Waals surface area contributed by atoms with Crippen molar-refractivity contribution in [2.24, 2.45) is 0 Å². The van der Waals surface area contributed by atoms with Gasteiger partial charge in [-0.3, -0.25) is 0 Å². The van der Waals surface area contributed by atoms with Crippen molar-refractivity contribution in [3.8, 4) is 16.9 Å². The van der Waals surface area contributed by atoms with Gasteiger partial charge in [0.2, 0.25) is 0 Å². The lowest BCUT2D eigenvalue weighted by Crippen LogP contribution is -2.28. The maximum absolute atomic E-state index is 15.5. The van der Waals surface area contributed by atoms with Crippen molar-refractivity contribution in [3.05, 3.63) is 81.9 Å². The summed E-state index contributed by atoms with van der Waals surface area (Å²) in [6.07, 6.45) is 1.74. The van der Waals surface area contributed by atoms with Gasteiger partial charge < -0.3 is 19.1 Å². The highest BCUT2D eigenvalue weighted by Crippen LogP contribution is 2.44. The van der Waals surface area contributed by atoms with Crippen LogP contribution in [0.15, 0.2) is 36.5 Å². The number of ether oxygens (including phenoxy) is 2. The zero-order valence-corrected chi connectivity index (χ0v) is 23.1. The number of aromatic nitrogens is 2. The fourth-order valence-electron chi connectivity index (χ4n) is 5.41. The van der Waals surface area contributed by atoms with Gasteiger partial charge in [0, 0.05) is 40.5 Å². The van der Waals surface area contributed by atoms with Crippen LogP contribution in [0.4, 0.5) is 13.2 Å². The number of halogens is 3. The van der Waals surface area contributed by atoms with Gasteiger partial charge in [0.25, 0.3) is 0 Å². The van der Waals surface area contributed by atoms with E-state index in [1.54, 1.807) is 44.5 Å². The number of rotatable bonds is 6. The average molecular weight is 553 g/mol. The van der Waals surface area contributed by atoms with Crippen molar-refractivity contribution in [3.63, 3.8) is 0 Å². The van der Waals surface area contributed by atoms with E-state index < -0.39 is 35.1 Å². The Balaban J connectivity index is 1.80. The van der Waals surface area contributed by atoms with Crippen LogP contribution < -0.4 is 4.74 Å². The highest BCUT2D eigenvalue weighted by molar-refractivity contribution is 5.99. The molecule has 5 rings (SSSR count). The van der Waals surface area contributed by atoms with Crippen LogP contribution in [0.1, 0.15) is 61.2 Å². The Kier molecular flexibility index (Phi) is 7.12. The molecule has 3 heterocycles. The maximum Gasteiger partial charge on any atom is 0.337 e. The molecule has 0 saturated heterocycles. The van der Waals surface area contributed by atoms with Crippen molar-refractivity contribution in [1.82, 2.24) is 9.55 Å². The highest BCUT2D eigenvalue weighted by atomic mass is 19.2. The van der Waals surface area contributed by atoms with Gasteiger partial charge in [-0.25, -0.2) is 22.9 Å². The first kappa shape index (κ1) is 27.7. The van der Waals surface area contributed by atoms with Crippen LogP contribution in [0.5, 0.6) is 5.75 Å². The summed E-state index contributed by atoms with van der Waals surface area (Å²) in [5.74, 6) is -3.37. The summed E-state index contributed by atoms with van der Waals surface area (Å²) < 4.78 is 56.4. The molecule has 0 aliphatic carbocycles. The van der Waals surface area contributed by atoms with Crippen LogP contribution in [-0.4, -0.2) is 32.8 Å². The van der Waals surface area contributed by atoms with Gasteiger partial charge >= 0.3 is 5.97 Å². The van der Waals surface area contributed by atoms with Gasteiger partial charge in [-0.2, -0.15) is 0 Å². The molecule has 4 aromatic rings. The Morgan fingerprint density at radius 2 is 1.88 bits per heavy atom. The molecule has 1 atom stereocenters. The van der Waals surface area contributed by atoms with Crippen LogP contribution in [0, 0.1) is 31.3 Å². The van der Waals surface area contributed by atoms with E-state index >= 15 is 4.39 Å². The van der Waals surface area contributed by atoms with Crippen molar-refractivity contribution < 1.29 is 32.5 Å². The molecule has 1 aliphatic heterocycles. The molecule has 40 heavy (non-hydrogen) atoms. The lowest BCUT2D eigenvalue weighted by atomic mass is 9.86. The number of aryl methyl sites for hydroxylation is 1. The first-order valence-electron chi connectivity index (χ1n) is 13.1. The number of carboxylic acids is 1. The minimum absolute atomic E-state index is 0.193. The Hall–Kier alpha value is -3.85. The normalized spacial score (nSPS) is 14.2. The molecular weight excluding hydrogens is 521 g/mol. The number of hydrogen-bond donors (Lipinski definition) is 1. The summed E-state index contributed by atoms with van der Waals surface area (Å²) in [4.78, 5) is 17.4. The molecular formula is C31H31F3N2O4. The number of fused-ring (bicyclic) bond motifs is 2. The largest absolute Gasteiger partial charge is 0.490 e. The Morgan fingerprint density at radius 3 is 2.55 bits per heavy atom. The molecule has 0 bridgehead atoms. The van der Waals surface area contributed by atoms with Crippen LogP contribution in [0.2, 0.25) is 0 Å². The predicted molar refractivity (Wildman–Crippen MR) is 145 cm³/mol. The van der Waals surface area contributed by atoms with Crippen molar-refractivity contribution in [2.45, 2.75) is 65.7 Å². The Bertz CT molecular complexity index is 1640. The van der Waals surface area contributed by atoms with Gasteiger partial charge in [0.15, 0.2) is 29.3 Å². The smallest absolute Gasteiger partial charge is 0.337 e. The molecule has 9 heteroatoms. The van der Waals surface area contributed by atoms with Gasteiger partial charge in [-0.05, 0) is 88.4 Å². The monoisotopic (exact) mass is 552 g/mol. The standard InChI is InChI=1S/C31H31F3N2O4/c1-16-19-7-6-12-39-27(19)24(34)14-21(16)26-20-10-11-36(15-18-8-9-22(32)23(33)13-18)29(20)35-17(2)25(26)28(30(37)38)40-31(3,4)5/h8-11,13-14,28H,6-7,12,15H2,1-5H3,(H,37,38). The molecule has 0 fully saturated rings. The molecule has 2 aromatic carbocycles. The average Bonchev–Trinajstić information content (AvgIpc) is 3.27. The SMILES string of the molecule is Cc1nc2c(ccn2Cc2ccc(F)c(F)c2)c(-c2cc(F)c3c(c2C)CCCO3)c1C(OC(C)(C)C)C(=O)O. The summed E-state index contributed by atoms with van der Waals surface area (Å²) in [5.41, 5.74) is 3.53. The number of hydrogen-bond acceptors (Lipinski definition) is 4. The maximum atomic E-state index is 15.5. The van der Waals surface area contributed by atoms with E-state index in [9.17, 15) is 18.7 Å². The van der Waals surface area contributed by atoms with Gasteiger partial charge in [0.1, 0.15) is 5.65 Å². The van der Waals surface area contributed by atoms with Gasteiger partial charge in [0.05, 0.1) is 12.2 Å². The third kappa shape index (κ3) is 5.06. The van der Waals surface area contributed by atoms with Crippen LogP contribution >= 0.6 is 0 Å². The van der Waals surface area contributed by atoms with E-state index in [0.29, 0.717) is 52.0 Å². The first-order chi connectivity index (χ1) is 18.9. The minimum Gasteiger partial charge on any atom is -0.490 e. The minimum atomic E-state index is -1.38. The molecule has 1 aliphatic rings. The van der Waals surface area contributed by atoms with Gasteiger partial charge in [-0.15, -0.1) is 0 Å². The highest BCUT2D eigenvalue weighted by Gasteiger charge is 2.34. The molecule has 0 radical (unpaired) electrons. The molecule has 0 saturated carbocycles. The Morgan fingerprint density at radius 1 is 1.12 bits per heavy atom. The topological polar surface area (TPSA) is 73.6 Å². The Labute approximate surface area is 230 Å². The second-order valence-corrected chi connectivity index (χ2v) is 11.2. The van der Waals surface area contributed by atoms with Crippen LogP contribution in [0.25, 0.3) is 22.2 Å². The second-order valence-electron chi connectivity index (χ2n) is 11.2. The molecule has 0 spiro atoms. The predicted octanol–water partition coefficient (Wildman–Crippen LogP) is 7.05. The zero-order chi connectivity index (χ0) is 28.9. The lowest BCUT2D eigenvalue weighted by Gasteiger charge is -2.29. The number of carbonyl (C=O) groups is 1. The summed E-state index contributed by atoms with van der Waals surface area (Å²) in [7, 11) is 0. The summed E-state index contributed by atoms with van der Waals surface area (Å²) >= 11 is 0. The van der Waals surface area contributed by atoms with Crippen LogP contribution in [-0.2, 0) is 22.5 Å². The zero-order valence-electron chi connectivity index (χ0n) is 23.1. The summed E-state index contributed by atoms with van der Waals surface area (Å²) in [6, 6.07) is 6.86. The summed E-state index contributed by atoms with van der Waals surface area (Å²) in [6.45, 7) is 9.50. The van der Waals surface area contributed by atoms with Crippen molar-refractivity contribution in [2.75, 3.05) is 6.61 Å². The van der Waals surface area contributed by atoms with Gasteiger partial charge in [-0.1, -0.05) is 6.07 Å². The molecule has 6 nitrogen and oxygen atoms in total. The quantitative estimate of drug-likeness (QED) is 0.278. The van der Waals surface area contributed by atoms with E-state index in [-0.39, 0.29) is 12.3 Å². The fourth-order valence-corrected chi connectivity index (χ4v) is 5.41. The van der Waals surface area contributed by atoms with Crippen LogP contribution in [0.3, 0.4) is 0 Å². The van der Waals surface area contributed by atoms with Crippen molar-refractivity contribution in [1.29, 1.82) is 0 Å². The lowest BCUT2D eigenvalue weighted by molar-refractivity contribution is -0.160. The molecule has 1 unspecified atom stereocenters. The molecule has 2 aromatic heterocycles. The molecule has 210 valence electrons. The fraction of sp³-hybridized carbons (Fsp3) is 0.355. The number of benzene rings is 2. The third-order valence-electron chi connectivity index (χ3n) is 7.14. The molecule has 1 N–H and O–H groups in total. The number of nitrogens with zero attached hydrogens (tertiary/aromatic N) is 2. The third-order valence-corrected chi connectivity index (χ3v) is 7.14. The first-order valence-corrected chi connectivity index (χ1v) is 13.1. The van der Waals surface area contributed by atoms with E-state index in [2.05, 4.69) is 0 Å². The summed E-state index contributed by atoms with van der Waals surface area (Å²) in [5, 5.41) is 10.9. The number of aliphatic carboxylic acids is 1. The van der Waals surface area contributed by atoms with E-state index in [4.69, 9.17) is 14.5 Å². The second kappa shape index (κ2) is 10.3. The molecule has 0 amide bonds. The van der Waals surface area contributed by atoms with E-state index in [0.717, 1.165) is 29.7 Å². The number of pyridine rings is 1.